The summed E-state index contributed by atoms with van der Waals surface area (Å²) in [6, 6.07) is 3.88. The van der Waals surface area contributed by atoms with Crippen molar-refractivity contribution in [3.63, 3.8) is 0 Å². The lowest BCUT2D eigenvalue weighted by Crippen LogP contribution is -2.50. The van der Waals surface area contributed by atoms with Gasteiger partial charge in [0.25, 0.3) is 0 Å². The summed E-state index contributed by atoms with van der Waals surface area (Å²) in [6.07, 6.45) is 1.09. The van der Waals surface area contributed by atoms with Crippen molar-refractivity contribution in [3.05, 3.63) is 17.7 Å². The third-order valence-electron chi connectivity index (χ3n) is 4.27. The Kier molecular flexibility index (Phi) is 3.63. The van der Waals surface area contributed by atoms with Gasteiger partial charge in [-0.15, -0.1) is 0 Å². The van der Waals surface area contributed by atoms with Gasteiger partial charge in [-0.2, -0.15) is 0 Å². The number of halogens is 1. The average molecular weight is 323 g/mol. The lowest BCUT2D eigenvalue weighted by Gasteiger charge is -2.33. The fourth-order valence-electron chi connectivity index (χ4n) is 3.05. The lowest BCUT2D eigenvalue weighted by atomic mass is 10.00. The zero-order valence-corrected chi connectivity index (χ0v) is 12.9. The highest BCUT2D eigenvalue weighted by Crippen LogP contribution is 2.36. The molecule has 0 radical (unpaired) electrons. The number of thiazole rings is 1. The fraction of sp³-hybridized carbons (Fsp3) is 0.533. The number of benzene rings is 1. The van der Waals surface area contributed by atoms with Crippen LogP contribution in [0, 0.1) is 0 Å². The van der Waals surface area contributed by atoms with E-state index < -0.39 is 6.67 Å². The maximum absolute atomic E-state index is 12.8. The quantitative estimate of drug-likeness (QED) is 0.905. The van der Waals surface area contributed by atoms with Crippen LogP contribution in [0.3, 0.4) is 0 Å². The average Bonchev–Trinajstić information content (AvgIpc) is 3.14. The molecule has 1 fully saturated rings. The number of rotatable bonds is 3. The van der Waals surface area contributed by atoms with E-state index in [-0.39, 0.29) is 18.2 Å². The number of anilines is 1. The van der Waals surface area contributed by atoms with Gasteiger partial charge in [-0.3, -0.25) is 0 Å². The molecule has 0 aliphatic carbocycles. The summed E-state index contributed by atoms with van der Waals surface area (Å²) >= 11 is 1.60. The molecule has 3 heterocycles. The molecular weight excluding hydrogens is 305 g/mol. The van der Waals surface area contributed by atoms with Crippen molar-refractivity contribution in [1.82, 2.24) is 4.98 Å². The molecular formula is C15H18FN3O2S. The molecule has 5 nitrogen and oxygen atoms in total. The van der Waals surface area contributed by atoms with E-state index in [1.54, 1.807) is 11.3 Å². The summed E-state index contributed by atoms with van der Waals surface area (Å²) in [5, 5.41) is 4.20. The highest BCUT2D eigenvalue weighted by Gasteiger charge is 2.29. The highest BCUT2D eigenvalue weighted by molar-refractivity contribution is 7.22. The van der Waals surface area contributed by atoms with Crippen LogP contribution in [0.5, 0.6) is 5.75 Å². The minimum absolute atomic E-state index is 0.0145. The Morgan fingerprint density at radius 3 is 3.23 bits per heavy atom. The number of hydrogen-bond donors (Lipinski definition) is 2. The van der Waals surface area contributed by atoms with Gasteiger partial charge in [0, 0.05) is 24.1 Å². The second kappa shape index (κ2) is 5.64. The molecule has 0 amide bonds. The van der Waals surface area contributed by atoms with Gasteiger partial charge in [-0.05, 0) is 18.6 Å². The van der Waals surface area contributed by atoms with E-state index in [1.807, 2.05) is 12.1 Å². The number of hydrogen-bond acceptors (Lipinski definition) is 6. The van der Waals surface area contributed by atoms with Gasteiger partial charge < -0.3 is 20.5 Å². The summed E-state index contributed by atoms with van der Waals surface area (Å²) in [4.78, 5) is 4.70. The Morgan fingerprint density at radius 2 is 2.36 bits per heavy atom. The molecule has 22 heavy (non-hydrogen) atoms. The van der Waals surface area contributed by atoms with Gasteiger partial charge in [0.05, 0.1) is 29.5 Å². The maximum atomic E-state index is 12.8. The number of ether oxygens (including phenoxy) is 2. The molecule has 2 aromatic rings. The first-order chi connectivity index (χ1) is 10.7. The number of alkyl halides is 1. The Balaban J connectivity index is 1.59. The van der Waals surface area contributed by atoms with Gasteiger partial charge in [0.1, 0.15) is 12.4 Å². The van der Waals surface area contributed by atoms with Gasteiger partial charge in [-0.25, -0.2) is 9.37 Å². The lowest BCUT2D eigenvalue weighted by molar-refractivity contribution is -0.0127. The van der Waals surface area contributed by atoms with Crippen LogP contribution in [0.2, 0.25) is 0 Å². The van der Waals surface area contributed by atoms with Crippen molar-refractivity contribution in [1.29, 1.82) is 0 Å². The first-order valence-electron chi connectivity index (χ1n) is 7.49. The number of nitrogens with zero attached hydrogens (tertiary/aromatic N) is 1. The second-order valence-corrected chi connectivity index (χ2v) is 6.80. The van der Waals surface area contributed by atoms with Crippen LogP contribution in [-0.4, -0.2) is 43.1 Å². The Bertz CT molecular complexity index is 693. The van der Waals surface area contributed by atoms with Crippen molar-refractivity contribution in [2.45, 2.75) is 31.0 Å². The smallest absolute Gasteiger partial charge is 0.184 e. The standard InChI is InChI=1S/C15H18FN3O2S/c16-6-8-5-11(10(17)7-21-8)18-15-19-14-9-3-4-20-12(9)1-2-13(14)22-15/h1-2,8,10-11H,3-7,17H2,(H,18,19)/t8-,10+,11-/m1/s1. The molecule has 1 aromatic heterocycles. The van der Waals surface area contributed by atoms with Crippen molar-refractivity contribution in [2.24, 2.45) is 5.73 Å². The monoisotopic (exact) mass is 323 g/mol. The first kappa shape index (κ1) is 14.2. The number of nitrogens with one attached hydrogen (secondary N) is 1. The van der Waals surface area contributed by atoms with Gasteiger partial charge >= 0.3 is 0 Å². The molecule has 1 saturated heterocycles. The fourth-order valence-corrected chi connectivity index (χ4v) is 4.01. The van der Waals surface area contributed by atoms with Crippen LogP contribution < -0.4 is 15.8 Å². The van der Waals surface area contributed by atoms with Gasteiger partial charge in [-0.1, -0.05) is 11.3 Å². The minimum atomic E-state index is -0.477. The van der Waals surface area contributed by atoms with Crippen LogP contribution in [0.4, 0.5) is 9.52 Å². The van der Waals surface area contributed by atoms with E-state index in [9.17, 15) is 4.39 Å². The van der Waals surface area contributed by atoms with Crippen LogP contribution in [0.25, 0.3) is 10.2 Å². The third kappa shape index (κ3) is 2.43. The highest BCUT2D eigenvalue weighted by atomic mass is 32.1. The van der Waals surface area contributed by atoms with Crippen molar-refractivity contribution >= 4 is 26.7 Å². The van der Waals surface area contributed by atoms with E-state index in [1.165, 1.54) is 5.56 Å². The molecule has 2 aliphatic rings. The number of nitrogens with two attached hydrogens (primary N) is 1. The summed E-state index contributed by atoms with van der Waals surface area (Å²) in [6.45, 7) is 0.619. The number of fused-ring (bicyclic) bond motifs is 3. The van der Waals surface area contributed by atoms with E-state index in [2.05, 4.69) is 5.32 Å². The largest absolute Gasteiger partial charge is 0.493 e. The zero-order chi connectivity index (χ0) is 15.1. The van der Waals surface area contributed by atoms with Gasteiger partial charge in [0.15, 0.2) is 5.13 Å². The third-order valence-corrected chi connectivity index (χ3v) is 5.22. The van der Waals surface area contributed by atoms with E-state index >= 15 is 0 Å². The topological polar surface area (TPSA) is 69.4 Å². The zero-order valence-electron chi connectivity index (χ0n) is 12.0. The summed E-state index contributed by atoms with van der Waals surface area (Å²) < 4.78 is 24.9. The molecule has 2 aliphatic heterocycles. The van der Waals surface area contributed by atoms with Gasteiger partial charge in [0.2, 0.25) is 0 Å². The SMILES string of the molecule is N[C@H]1CO[C@@H](CF)C[C@H]1Nc1nc2c3c(ccc2s1)OCC3. The second-order valence-electron chi connectivity index (χ2n) is 5.77. The van der Waals surface area contributed by atoms with Crippen LogP contribution in [-0.2, 0) is 11.2 Å². The molecule has 0 saturated carbocycles. The predicted molar refractivity (Wildman–Crippen MR) is 84.5 cm³/mol. The maximum Gasteiger partial charge on any atom is 0.184 e. The first-order valence-corrected chi connectivity index (χ1v) is 8.31. The molecule has 118 valence electrons. The minimum Gasteiger partial charge on any atom is -0.493 e. The molecule has 4 rings (SSSR count). The summed E-state index contributed by atoms with van der Waals surface area (Å²) in [7, 11) is 0. The molecule has 7 heteroatoms. The van der Waals surface area contributed by atoms with E-state index in [0.29, 0.717) is 13.0 Å². The molecule has 0 bridgehead atoms. The molecule has 1 aromatic carbocycles. The molecule has 0 unspecified atom stereocenters. The number of aromatic nitrogens is 1. The Hall–Kier alpha value is -1.44. The van der Waals surface area contributed by atoms with E-state index in [0.717, 1.165) is 34.1 Å². The van der Waals surface area contributed by atoms with Crippen LogP contribution in [0.15, 0.2) is 12.1 Å². The van der Waals surface area contributed by atoms with Crippen LogP contribution in [0.1, 0.15) is 12.0 Å². The molecule has 0 spiro atoms. The Morgan fingerprint density at radius 1 is 1.45 bits per heavy atom. The summed E-state index contributed by atoms with van der Waals surface area (Å²) in [5.74, 6) is 0.935. The Labute approximate surface area is 131 Å². The van der Waals surface area contributed by atoms with Crippen LogP contribution >= 0.6 is 11.3 Å². The summed E-state index contributed by atoms with van der Waals surface area (Å²) in [5.41, 5.74) is 8.26. The van der Waals surface area contributed by atoms with E-state index in [4.69, 9.17) is 20.2 Å². The normalized spacial score (nSPS) is 27.6. The molecule has 3 atom stereocenters. The predicted octanol–water partition coefficient (Wildman–Crippen LogP) is 2.10. The van der Waals surface area contributed by atoms with Crippen molar-refractivity contribution in [2.75, 3.05) is 25.2 Å². The van der Waals surface area contributed by atoms with Crippen molar-refractivity contribution < 1.29 is 13.9 Å². The molecule has 3 N–H and O–H groups in total. The van der Waals surface area contributed by atoms with Crippen molar-refractivity contribution in [3.8, 4) is 5.75 Å².